The van der Waals surface area contributed by atoms with Gasteiger partial charge in [0.15, 0.2) is 6.10 Å². The number of amides is 1. The van der Waals surface area contributed by atoms with Gasteiger partial charge in [-0.05, 0) is 37.5 Å². The molecule has 0 aliphatic carbocycles. The number of carbonyl (C=O) groups is 2. The minimum absolute atomic E-state index is 0.0101. The Labute approximate surface area is 109 Å². The molecular formula is C13H14FNO4. The Balaban J connectivity index is 2.22. The standard InChI is InChI=1S/C13H14FNO4/c14-8-4-5-10(9(7-8)13(17)18)19-11-3-1-2-6-15-12(11)16/h4-5,7,11H,1-3,6H2,(H,15,16)(H,17,18). The van der Waals surface area contributed by atoms with Gasteiger partial charge in [-0.1, -0.05) is 0 Å². The van der Waals surface area contributed by atoms with Gasteiger partial charge in [0.2, 0.25) is 0 Å². The fourth-order valence-electron chi connectivity index (χ4n) is 1.95. The van der Waals surface area contributed by atoms with Gasteiger partial charge in [-0.3, -0.25) is 4.79 Å². The predicted molar refractivity (Wildman–Crippen MR) is 64.6 cm³/mol. The molecule has 0 radical (unpaired) electrons. The van der Waals surface area contributed by atoms with Crippen molar-refractivity contribution in [1.82, 2.24) is 5.32 Å². The summed E-state index contributed by atoms with van der Waals surface area (Å²) >= 11 is 0. The highest BCUT2D eigenvalue weighted by Crippen LogP contribution is 2.23. The van der Waals surface area contributed by atoms with E-state index in [0.29, 0.717) is 13.0 Å². The molecule has 0 bridgehead atoms. The van der Waals surface area contributed by atoms with Gasteiger partial charge in [-0.15, -0.1) is 0 Å². The van der Waals surface area contributed by atoms with E-state index in [1.165, 1.54) is 6.07 Å². The molecule has 0 aromatic heterocycles. The van der Waals surface area contributed by atoms with Crippen molar-refractivity contribution in [3.63, 3.8) is 0 Å². The zero-order valence-corrected chi connectivity index (χ0v) is 10.2. The van der Waals surface area contributed by atoms with Gasteiger partial charge < -0.3 is 15.2 Å². The monoisotopic (exact) mass is 267 g/mol. The molecule has 1 atom stereocenters. The molecule has 0 saturated carbocycles. The normalized spacial score (nSPS) is 19.4. The lowest BCUT2D eigenvalue weighted by Gasteiger charge is -2.17. The molecule has 1 aliphatic heterocycles. The Kier molecular flexibility index (Phi) is 3.99. The van der Waals surface area contributed by atoms with Crippen LogP contribution >= 0.6 is 0 Å². The molecule has 19 heavy (non-hydrogen) atoms. The second-order valence-electron chi connectivity index (χ2n) is 4.34. The number of nitrogens with one attached hydrogen (secondary N) is 1. The quantitative estimate of drug-likeness (QED) is 0.871. The minimum atomic E-state index is -1.29. The summed E-state index contributed by atoms with van der Waals surface area (Å²) in [4.78, 5) is 22.7. The van der Waals surface area contributed by atoms with Crippen LogP contribution in [0.5, 0.6) is 5.75 Å². The largest absolute Gasteiger partial charge is 0.480 e. The second-order valence-corrected chi connectivity index (χ2v) is 4.34. The molecule has 1 amide bonds. The fraction of sp³-hybridized carbons (Fsp3) is 0.385. The van der Waals surface area contributed by atoms with Crippen LogP contribution in [-0.2, 0) is 4.79 Å². The fourth-order valence-corrected chi connectivity index (χ4v) is 1.95. The molecule has 1 unspecified atom stereocenters. The zero-order valence-electron chi connectivity index (χ0n) is 10.2. The molecule has 1 aliphatic rings. The third-order valence-electron chi connectivity index (χ3n) is 2.93. The van der Waals surface area contributed by atoms with E-state index in [1.807, 2.05) is 0 Å². The minimum Gasteiger partial charge on any atom is -0.480 e. The van der Waals surface area contributed by atoms with Crippen LogP contribution in [0.25, 0.3) is 0 Å². The van der Waals surface area contributed by atoms with Crippen molar-refractivity contribution in [3.8, 4) is 5.75 Å². The van der Waals surface area contributed by atoms with Gasteiger partial charge >= 0.3 is 5.97 Å². The van der Waals surface area contributed by atoms with E-state index < -0.39 is 17.9 Å². The van der Waals surface area contributed by atoms with Crippen molar-refractivity contribution >= 4 is 11.9 Å². The lowest BCUT2D eigenvalue weighted by molar-refractivity contribution is -0.127. The summed E-state index contributed by atoms with van der Waals surface area (Å²) in [6.45, 7) is 0.591. The summed E-state index contributed by atoms with van der Waals surface area (Å²) in [5, 5.41) is 11.7. The SMILES string of the molecule is O=C(O)c1cc(F)ccc1OC1CCCCNC1=O. The first-order valence-electron chi connectivity index (χ1n) is 6.05. The molecule has 1 aromatic rings. The third-order valence-corrected chi connectivity index (χ3v) is 2.93. The summed E-state index contributed by atoms with van der Waals surface area (Å²) in [6, 6.07) is 3.22. The van der Waals surface area contributed by atoms with E-state index in [-0.39, 0.29) is 17.2 Å². The summed E-state index contributed by atoms with van der Waals surface area (Å²) < 4.78 is 18.5. The van der Waals surface area contributed by atoms with Crippen LogP contribution in [0.15, 0.2) is 18.2 Å². The van der Waals surface area contributed by atoms with Gasteiger partial charge in [0, 0.05) is 6.54 Å². The Morgan fingerprint density at radius 1 is 1.42 bits per heavy atom. The molecule has 1 saturated heterocycles. The number of ether oxygens (including phenoxy) is 1. The number of carbonyl (C=O) groups excluding carboxylic acids is 1. The van der Waals surface area contributed by atoms with Crippen molar-refractivity contribution in [1.29, 1.82) is 0 Å². The van der Waals surface area contributed by atoms with E-state index in [0.717, 1.165) is 25.0 Å². The topological polar surface area (TPSA) is 75.6 Å². The van der Waals surface area contributed by atoms with Crippen LogP contribution in [0.2, 0.25) is 0 Å². The van der Waals surface area contributed by atoms with Crippen molar-refractivity contribution in [2.24, 2.45) is 0 Å². The van der Waals surface area contributed by atoms with E-state index in [9.17, 15) is 14.0 Å². The lowest BCUT2D eigenvalue weighted by atomic mass is 10.1. The van der Waals surface area contributed by atoms with Crippen molar-refractivity contribution in [3.05, 3.63) is 29.6 Å². The molecule has 0 spiro atoms. The van der Waals surface area contributed by atoms with Gasteiger partial charge in [0.25, 0.3) is 5.91 Å². The summed E-state index contributed by atoms with van der Waals surface area (Å²) in [7, 11) is 0. The summed E-state index contributed by atoms with van der Waals surface area (Å²) in [5.74, 6) is -2.20. The van der Waals surface area contributed by atoms with Crippen LogP contribution in [0.1, 0.15) is 29.6 Å². The Morgan fingerprint density at radius 2 is 2.21 bits per heavy atom. The van der Waals surface area contributed by atoms with E-state index >= 15 is 0 Å². The molecule has 2 N–H and O–H groups in total. The van der Waals surface area contributed by atoms with Gasteiger partial charge in [0.05, 0.1) is 0 Å². The highest BCUT2D eigenvalue weighted by molar-refractivity contribution is 5.91. The smallest absolute Gasteiger partial charge is 0.339 e. The number of halogens is 1. The average molecular weight is 267 g/mol. The first kappa shape index (κ1) is 13.3. The first-order valence-corrected chi connectivity index (χ1v) is 6.05. The average Bonchev–Trinajstić information content (AvgIpc) is 2.57. The molecule has 6 heteroatoms. The van der Waals surface area contributed by atoms with Crippen LogP contribution < -0.4 is 10.1 Å². The van der Waals surface area contributed by atoms with Crippen molar-refractivity contribution in [2.75, 3.05) is 6.54 Å². The highest BCUT2D eigenvalue weighted by Gasteiger charge is 2.24. The van der Waals surface area contributed by atoms with Crippen LogP contribution in [0, 0.1) is 5.82 Å². The number of rotatable bonds is 3. The molecule has 2 rings (SSSR count). The zero-order chi connectivity index (χ0) is 13.8. The first-order chi connectivity index (χ1) is 9.08. The molecule has 1 aromatic carbocycles. The lowest BCUT2D eigenvalue weighted by Crippen LogP contribution is -2.36. The number of carboxylic acid groups (broad SMARTS) is 1. The van der Waals surface area contributed by atoms with E-state index in [1.54, 1.807) is 0 Å². The maximum Gasteiger partial charge on any atom is 0.339 e. The second kappa shape index (κ2) is 5.69. The number of benzene rings is 1. The number of carboxylic acids is 1. The Bertz CT molecular complexity index is 503. The van der Waals surface area contributed by atoms with Gasteiger partial charge in [0.1, 0.15) is 17.1 Å². The van der Waals surface area contributed by atoms with E-state index in [4.69, 9.17) is 9.84 Å². The maximum atomic E-state index is 13.0. The van der Waals surface area contributed by atoms with Gasteiger partial charge in [-0.25, -0.2) is 9.18 Å². The van der Waals surface area contributed by atoms with Crippen molar-refractivity contribution in [2.45, 2.75) is 25.4 Å². The van der Waals surface area contributed by atoms with Crippen molar-refractivity contribution < 1.29 is 23.8 Å². The molecule has 102 valence electrons. The van der Waals surface area contributed by atoms with Gasteiger partial charge in [-0.2, -0.15) is 0 Å². The number of aromatic carboxylic acids is 1. The number of hydrogen-bond donors (Lipinski definition) is 2. The summed E-state index contributed by atoms with van der Waals surface area (Å²) in [5.41, 5.74) is -0.281. The van der Waals surface area contributed by atoms with E-state index in [2.05, 4.69) is 5.32 Å². The summed E-state index contributed by atoms with van der Waals surface area (Å²) in [6.07, 6.45) is 1.46. The Morgan fingerprint density at radius 3 is 2.95 bits per heavy atom. The molecule has 1 heterocycles. The third kappa shape index (κ3) is 3.21. The predicted octanol–water partition coefficient (Wildman–Crippen LogP) is 1.57. The molecular weight excluding hydrogens is 253 g/mol. The molecule has 1 fully saturated rings. The number of hydrogen-bond acceptors (Lipinski definition) is 3. The van der Waals surface area contributed by atoms with Crippen LogP contribution in [0.3, 0.4) is 0 Å². The highest BCUT2D eigenvalue weighted by atomic mass is 19.1. The van der Waals surface area contributed by atoms with Crippen LogP contribution in [-0.4, -0.2) is 29.6 Å². The maximum absolute atomic E-state index is 13.0. The Hall–Kier alpha value is -2.11. The molecule has 5 nitrogen and oxygen atoms in total. The van der Waals surface area contributed by atoms with Crippen LogP contribution in [0.4, 0.5) is 4.39 Å².